The molecule has 0 atom stereocenters. The van der Waals surface area contributed by atoms with Gasteiger partial charge in [0.2, 0.25) is 17.7 Å². The number of nitrogens with one attached hydrogen (secondary N) is 2. The number of carbonyl (C=O) groups excluding carboxylic acids is 1. The first-order valence-corrected chi connectivity index (χ1v) is 13.3. The summed E-state index contributed by atoms with van der Waals surface area (Å²) < 4.78 is 49.7. The Morgan fingerprint density at radius 2 is 1.78 bits per heavy atom. The van der Waals surface area contributed by atoms with E-state index in [2.05, 4.69) is 42.3 Å². The van der Waals surface area contributed by atoms with Crippen molar-refractivity contribution in [2.24, 2.45) is 7.05 Å². The number of hydrogen-bond donors (Lipinski definition) is 2. The topological polar surface area (TPSA) is 100 Å². The Balaban J connectivity index is 1.34. The van der Waals surface area contributed by atoms with E-state index in [0.29, 0.717) is 28.7 Å². The van der Waals surface area contributed by atoms with Crippen LogP contribution in [0, 0.1) is 0 Å². The minimum Gasteiger partial charge on any atom is -0.439 e. The Labute approximate surface area is 235 Å². The Kier molecular flexibility index (Phi) is 8.08. The highest BCUT2D eigenvalue weighted by Crippen LogP contribution is 2.35. The lowest BCUT2D eigenvalue weighted by atomic mass is 10.0. The number of aryl methyl sites for hydroxylation is 1. The molecule has 0 bridgehead atoms. The summed E-state index contributed by atoms with van der Waals surface area (Å²) in [6.07, 6.45) is -3.00. The van der Waals surface area contributed by atoms with Gasteiger partial charge in [0, 0.05) is 70.7 Å². The molecule has 1 aliphatic heterocycles. The lowest BCUT2D eigenvalue weighted by Crippen LogP contribution is -2.45. The second kappa shape index (κ2) is 11.7. The Hall–Kier alpha value is -4.23. The number of alkyl halides is 3. The Morgan fingerprint density at radius 3 is 2.49 bits per heavy atom. The molecule has 4 aromatic rings. The second-order valence-corrected chi connectivity index (χ2v) is 9.85. The summed E-state index contributed by atoms with van der Waals surface area (Å²) in [5.74, 6) is 1.11. The highest BCUT2D eigenvalue weighted by Gasteiger charge is 2.34. The van der Waals surface area contributed by atoms with Crippen LogP contribution < -0.4 is 15.4 Å². The molecule has 1 aromatic carbocycles. The summed E-state index contributed by atoms with van der Waals surface area (Å²) in [6.45, 7) is 7.84. The predicted molar refractivity (Wildman–Crippen MR) is 149 cm³/mol. The molecule has 4 heterocycles. The molecule has 0 radical (unpaired) electrons. The average molecular weight is 569 g/mol. The lowest BCUT2D eigenvalue weighted by Gasteiger charge is -2.34. The highest BCUT2D eigenvalue weighted by molar-refractivity contribution is 5.87. The van der Waals surface area contributed by atoms with Crippen molar-refractivity contribution in [3.63, 3.8) is 0 Å². The number of imidazole rings is 1. The zero-order chi connectivity index (χ0) is 29.1. The van der Waals surface area contributed by atoms with Crippen molar-refractivity contribution in [3.05, 3.63) is 59.8 Å². The van der Waals surface area contributed by atoms with E-state index in [1.807, 2.05) is 0 Å². The summed E-state index contributed by atoms with van der Waals surface area (Å²) in [7, 11) is 1.71. The predicted octanol–water partition coefficient (Wildman–Crippen LogP) is 5.01. The standard InChI is InChI=1S/C28H31F3N8O2/c1-4-38-11-13-39(14-12-38)17-19-5-6-20(15-22(19)28(29,30)31)34-27-35-23-7-8-25(36-26(23)37(27)3)41-21-9-10-32-24(16-21)33-18(2)40/h5-10,15-16H,4,11-14,17H2,1-3H3,(H,34,35)(H,32,33,40). The average Bonchev–Trinajstić information content (AvgIpc) is 3.23. The number of fused-ring (bicyclic) bond motifs is 1. The molecule has 10 nitrogen and oxygen atoms in total. The molecule has 41 heavy (non-hydrogen) atoms. The maximum Gasteiger partial charge on any atom is 0.416 e. The molecule has 1 saturated heterocycles. The first kappa shape index (κ1) is 28.3. The van der Waals surface area contributed by atoms with Gasteiger partial charge in [-0.3, -0.25) is 14.3 Å². The third-order valence-corrected chi connectivity index (χ3v) is 6.93. The van der Waals surface area contributed by atoms with Gasteiger partial charge in [-0.25, -0.2) is 9.97 Å². The number of hydrogen-bond acceptors (Lipinski definition) is 8. The number of pyridine rings is 2. The molecular weight excluding hydrogens is 537 g/mol. The molecule has 1 fully saturated rings. The van der Waals surface area contributed by atoms with Crippen LogP contribution in [0.25, 0.3) is 11.2 Å². The number of rotatable bonds is 8. The minimum absolute atomic E-state index is 0.245. The quantitative estimate of drug-likeness (QED) is 0.306. The number of aromatic nitrogens is 4. The lowest BCUT2D eigenvalue weighted by molar-refractivity contribution is -0.138. The fraction of sp³-hybridized carbons (Fsp3) is 0.357. The zero-order valence-corrected chi connectivity index (χ0v) is 23.0. The number of halogens is 3. The van der Waals surface area contributed by atoms with Gasteiger partial charge >= 0.3 is 6.18 Å². The molecule has 1 aliphatic rings. The maximum atomic E-state index is 14.1. The number of benzene rings is 1. The summed E-state index contributed by atoms with van der Waals surface area (Å²) in [5, 5.41) is 5.61. The van der Waals surface area contributed by atoms with Crippen LogP contribution in [0.3, 0.4) is 0 Å². The van der Waals surface area contributed by atoms with Gasteiger partial charge in [-0.1, -0.05) is 13.0 Å². The highest BCUT2D eigenvalue weighted by atomic mass is 19.4. The van der Waals surface area contributed by atoms with E-state index >= 15 is 0 Å². The normalized spacial score (nSPS) is 14.8. The van der Waals surface area contributed by atoms with Gasteiger partial charge in [-0.05, 0) is 36.4 Å². The molecule has 0 unspecified atom stereocenters. The van der Waals surface area contributed by atoms with Crippen LogP contribution >= 0.6 is 0 Å². The summed E-state index contributed by atoms with van der Waals surface area (Å²) in [6, 6.07) is 10.8. The molecule has 1 amide bonds. The summed E-state index contributed by atoms with van der Waals surface area (Å²) in [4.78, 5) is 28.7. The van der Waals surface area contributed by atoms with Gasteiger partial charge in [-0.2, -0.15) is 18.2 Å². The third kappa shape index (κ3) is 6.74. The number of anilines is 3. The first-order valence-electron chi connectivity index (χ1n) is 13.3. The number of ether oxygens (including phenoxy) is 1. The van der Waals surface area contributed by atoms with E-state index in [1.165, 1.54) is 19.2 Å². The van der Waals surface area contributed by atoms with Crippen LogP contribution in [0.15, 0.2) is 48.7 Å². The van der Waals surface area contributed by atoms with Crippen molar-refractivity contribution >= 4 is 34.5 Å². The molecule has 0 aliphatic carbocycles. The van der Waals surface area contributed by atoms with Gasteiger partial charge in [0.25, 0.3) is 0 Å². The number of likely N-dealkylation sites (N-methyl/N-ethyl adjacent to an activating group) is 1. The van der Waals surface area contributed by atoms with Crippen LogP contribution in [0.5, 0.6) is 11.6 Å². The van der Waals surface area contributed by atoms with Crippen molar-refractivity contribution in [1.82, 2.24) is 29.3 Å². The van der Waals surface area contributed by atoms with Gasteiger partial charge in [0.15, 0.2) is 5.65 Å². The maximum absolute atomic E-state index is 14.1. The molecule has 13 heteroatoms. The van der Waals surface area contributed by atoms with Gasteiger partial charge < -0.3 is 20.3 Å². The van der Waals surface area contributed by atoms with E-state index in [9.17, 15) is 18.0 Å². The summed E-state index contributed by atoms with van der Waals surface area (Å²) >= 11 is 0. The fourth-order valence-electron chi connectivity index (χ4n) is 4.75. The molecule has 3 aromatic heterocycles. The van der Waals surface area contributed by atoms with Crippen LogP contribution in [0.1, 0.15) is 25.0 Å². The third-order valence-electron chi connectivity index (χ3n) is 6.93. The van der Waals surface area contributed by atoms with Crippen LogP contribution in [0.4, 0.5) is 30.6 Å². The molecule has 0 spiro atoms. The SMILES string of the molecule is CCN1CCN(Cc2ccc(Nc3nc4ccc(Oc5ccnc(NC(C)=O)c5)nc4n3C)cc2C(F)(F)F)CC1. The fourth-order valence-corrected chi connectivity index (χ4v) is 4.75. The zero-order valence-electron chi connectivity index (χ0n) is 23.0. The van der Waals surface area contributed by atoms with Gasteiger partial charge in [0.05, 0.1) is 5.56 Å². The van der Waals surface area contributed by atoms with Crippen molar-refractivity contribution in [2.75, 3.05) is 43.4 Å². The largest absolute Gasteiger partial charge is 0.439 e. The van der Waals surface area contributed by atoms with Crippen molar-refractivity contribution in [3.8, 4) is 11.6 Å². The Bertz CT molecular complexity index is 1550. The van der Waals surface area contributed by atoms with Crippen molar-refractivity contribution in [1.29, 1.82) is 0 Å². The van der Waals surface area contributed by atoms with Crippen molar-refractivity contribution in [2.45, 2.75) is 26.6 Å². The number of amides is 1. The van der Waals surface area contributed by atoms with E-state index in [1.54, 1.807) is 41.9 Å². The van der Waals surface area contributed by atoms with Crippen molar-refractivity contribution < 1.29 is 22.7 Å². The molecular formula is C28H31F3N8O2. The second-order valence-electron chi connectivity index (χ2n) is 9.85. The number of nitrogens with zero attached hydrogens (tertiary/aromatic N) is 6. The molecule has 2 N–H and O–H groups in total. The van der Waals surface area contributed by atoms with Crippen LogP contribution in [-0.2, 0) is 24.6 Å². The first-order chi connectivity index (χ1) is 19.6. The van der Waals surface area contributed by atoms with Gasteiger partial charge in [-0.15, -0.1) is 0 Å². The monoisotopic (exact) mass is 568 g/mol. The number of piperazine rings is 1. The molecule has 5 rings (SSSR count). The van der Waals surface area contributed by atoms with Crippen LogP contribution in [-0.4, -0.2) is 67.9 Å². The smallest absolute Gasteiger partial charge is 0.416 e. The molecule has 0 saturated carbocycles. The molecule has 216 valence electrons. The van der Waals surface area contributed by atoms with E-state index < -0.39 is 11.7 Å². The van der Waals surface area contributed by atoms with Crippen LogP contribution in [0.2, 0.25) is 0 Å². The number of carbonyl (C=O) groups is 1. The van der Waals surface area contributed by atoms with E-state index in [4.69, 9.17) is 4.74 Å². The summed E-state index contributed by atoms with van der Waals surface area (Å²) in [5.41, 5.74) is 0.868. The Morgan fingerprint density at radius 1 is 1.02 bits per heavy atom. The minimum atomic E-state index is -4.49. The van der Waals surface area contributed by atoms with E-state index in [-0.39, 0.29) is 29.6 Å². The van der Waals surface area contributed by atoms with E-state index in [0.717, 1.165) is 38.8 Å². The van der Waals surface area contributed by atoms with Gasteiger partial charge in [0.1, 0.15) is 17.1 Å².